The largest absolute Gasteiger partial charge is 0.270 e. The number of rotatable bonds is 6. The highest BCUT2D eigenvalue weighted by Crippen LogP contribution is 2.39. The summed E-state index contributed by atoms with van der Waals surface area (Å²) in [6, 6.07) is 30.2. The summed E-state index contributed by atoms with van der Waals surface area (Å²) in [5.74, 6) is 0. The smallest absolute Gasteiger partial charge is 0.216 e. The van der Waals surface area contributed by atoms with Gasteiger partial charge in [-0.1, -0.05) is 91.0 Å². The molecule has 30 heavy (non-hydrogen) atoms. The minimum Gasteiger partial charge on any atom is -0.270 e. The summed E-state index contributed by atoms with van der Waals surface area (Å²) < 4.78 is 27.0. The molecule has 0 aliphatic carbocycles. The van der Waals surface area contributed by atoms with Crippen LogP contribution in [0.3, 0.4) is 0 Å². The van der Waals surface area contributed by atoms with Gasteiger partial charge >= 0.3 is 0 Å². The molecule has 1 heterocycles. The molecule has 5 heteroatoms. The normalized spacial score (nSPS) is 16.1. The monoisotopic (exact) mass is 418 g/mol. The van der Waals surface area contributed by atoms with Gasteiger partial charge in [0.05, 0.1) is 11.0 Å². The molecule has 0 unspecified atom stereocenters. The molecule has 1 aliphatic rings. The van der Waals surface area contributed by atoms with Crippen molar-refractivity contribution in [3.63, 3.8) is 0 Å². The molecule has 0 amide bonds. The second-order valence-electron chi connectivity index (χ2n) is 7.95. The second kappa shape index (κ2) is 8.17. The summed E-state index contributed by atoms with van der Waals surface area (Å²) in [7, 11) is -3.32. The Balaban J connectivity index is 1.84. The van der Waals surface area contributed by atoms with Crippen LogP contribution in [-0.2, 0) is 15.6 Å². The van der Waals surface area contributed by atoms with Crippen molar-refractivity contribution in [1.29, 1.82) is 0 Å². The van der Waals surface area contributed by atoms with Crippen LogP contribution in [-0.4, -0.2) is 36.8 Å². The Morgan fingerprint density at radius 1 is 0.800 bits per heavy atom. The lowest BCUT2D eigenvalue weighted by Gasteiger charge is -2.47. The minimum absolute atomic E-state index is 0.348. The van der Waals surface area contributed by atoms with Crippen LogP contribution >= 0.6 is 0 Å². The fourth-order valence-corrected chi connectivity index (χ4v) is 5.17. The Morgan fingerprint density at radius 2 is 1.23 bits per heavy atom. The first-order valence-corrected chi connectivity index (χ1v) is 11.7. The van der Waals surface area contributed by atoms with Crippen molar-refractivity contribution < 1.29 is 8.42 Å². The van der Waals surface area contributed by atoms with Crippen LogP contribution in [0.5, 0.6) is 0 Å². The molecule has 4 rings (SSSR count). The third-order valence-corrected chi connectivity index (χ3v) is 7.73. The average molecular weight is 419 g/mol. The van der Waals surface area contributed by atoms with E-state index >= 15 is 0 Å². The van der Waals surface area contributed by atoms with Gasteiger partial charge in [0.1, 0.15) is 5.54 Å². The van der Waals surface area contributed by atoms with E-state index in [1.54, 1.807) is 18.2 Å². The first kappa shape index (κ1) is 20.5. The molecule has 4 nitrogen and oxygen atoms in total. The number of nitrogens with zero attached hydrogens (tertiary/aromatic N) is 2. The van der Waals surface area contributed by atoms with E-state index in [0.717, 1.165) is 22.4 Å². The number of hydrogen-bond donors (Lipinski definition) is 0. The molecule has 0 bridgehead atoms. The van der Waals surface area contributed by atoms with E-state index in [4.69, 9.17) is 4.99 Å². The van der Waals surface area contributed by atoms with Crippen molar-refractivity contribution in [2.75, 3.05) is 13.1 Å². The summed E-state index contributed by atoms with van der Waals surface area (Å²) >= 11 is 0. The predicted octanol–water partition coefficient (Wildman–Crippen LogP) is 4.47. The molecule has 0 atom stereocenters. The molecule has 0 aromatic heterocycles. The minimum atomic E-state index is -3.32. The third kappa shape index (κ3) is 3.83. The standard InChI is InChI=1S/C25H26N2O2S/c1-20(2)30(28,29)27-18-25(19-27,23-16-10-5-11-17-23)26-24(21-12-6-3-7-13-21)22-14-8-4-9-15-22/h3-17,20H,18-19H2,1-2H3. The fourth-order valence-electron chi connectivity index (χ4n) is 3.78. The Bertz CT molecular complexity index is 1080. The van der Waals surface area contributed by atoms with Crippen molar-refractivity contribution in [1.82, 2.24) is 4.31 Å². The van der Waals surface area contributed by atoms with Crippen LogP contribution in [0.2, 0.25) is 0 Å². The molecule has 3 aromatic rings. The summed E-state index contributed by atoms with van der Waals surface area (Å²) in [5, 5.41) is -0.446. The van der Waals surface area contributed by atoms with E-state index in [1.807, 2.05) is 91.0 Å². The van der Waals surface area contributed by atoms with E-state index < -0.39 is 20.8 Å². The van der Waals surface area contributed by atoms with Crippen molar-refractivity contribution >= 4 is 15.7 Å². The van der Waals surface area contributed by atoms with E-state index in [2.05, 4.69) is 0 Å². The second-order valence-corrected chi connectivity index (χ2v) is 10.4. The first-order chi connectivity index (χ1) is 14.4. The Morgan fingerprint density at radius 3 is 1.67 bits per heavy atom. The zero-order chi connectivity index (χ0) is 21.2. The zero-order valence-electron chi connectivity index (χ0n) is 17.3. The molecule has 0 saturated carbocycles. The van der Waals surface area contributed by atoms with E-state index in [-0.39, 0.29) is 0 Å². The summed E-state index contributed by atoms with van der Waals surface area (Å²) in [6.45, 7) is 4.14. The maximum absolute atomic E-state index is 12.7. The molecule has 1 fully saturated rings. The van der Waals surface area contributed by atoms with E-state index in [1.165, 1.54) is 0 Å². The summed E-state index contributed by atoms with van der Waals surface area (Å²) in [6.07, 6.45) is 0. The van der Waals surface area contributed by atoms with Gasteiger partial charge in [-0.3, -0.25) is 4.99 Å². The van der Waals surface area contributed by atoms with Gasteiger partial charge in [0.2, 0.25) is 10.0 Å². The van der Waals surface area contributed by atoms with Crippen LogP contribution in [0, 0.1) is 0 Å². The number of benzene rings is 3. The van der Waals surface area contributed by atoms with Gasteiger partial charge in [0.15, 0.2) is 0 Å². The van der Waals surface area contributed by atoms with Gasteiger partial charge in [-0.25, -0.2) is 8.42 Å². The number of sulfonamides is 1. The zero-order valence-corrected chi connectivity index (χ0v) is 18.1. The summed E-state index contributed by atoms with van der Waals surface area (Å²) in [5.41, 5.74) is 3.34. The van der Waals surface area contributed by atoms with Gasteiger partial charge in [0.25, 0.3) is 0 Å². The Kier molecular flexibility index (Phi) is 5.58. The molecular weight excluding hydrogens is 392 g/mol. The highest BCUT2D eigenvalue weighted by atomic mass is 32.2. The van der Waals surface area contributed by atoms with Crippen molar-refractivity contribution in [2.45, 2.75) is 24.6 Å². The number of aliphatic imine (C=N–C) groups is 1. The van der Waals surface area contributed by atoms with Gasteiger partial charge in [-0.15, -0.1) is 0 Å². The van der Waals surface area contributed by atoms with Crippen LogP contribution in [0.1, 0.15) is 30.5 Å². The quantitative estimate of drug-likeness (QED) is 0.555. The van der Waals surface area contributed by atoms with Crippen molar-refractivity contribution in [2.24, 2.45) is 4.99 Å². The highest BCUT2D eigenvalue weighted by molar-refractivity contribution is 7.89. The van der Waals surface area contributed by atoms with Crippen LogP contribution in [0.4, 0.5) is 0 Å². The summed E-state index contributed by atoms with van der Waals surface area (Å²) in [4.78, 5) is 5.26. The molecule has 0 N–H and O–H groups in total. The molecule has 1 aliphatic heterocycles. The highest BCUT2D eigenvalue weighted by Gasteiger charge is 2.50. The van der Waals surface area contributed by atoms with E-state index in [9.17, 15) is 8.42 Å². The lowest BCUT2D eigenvalue weighted by molar-refractivity contribution is 0.160. The number of hydrogen-bond acceptors (Lipinski definition) is 3. The van der Waals surface area contributed by atoms with Crippen molar-refractivity contribution in [3.8, 4) is 0 Å². The van der Waals surface area contributed by atoms with Crippen LogP contribution < -0.4 is 0 Å². The first-order valence-electron chi connectivity index (χ1n) is 10.2. The maximum Gasteiger partial charge on any atom is 0.216 e. The topological polar surface area (TPSA) is 49.7 Å². The predicted molar refractivity (Wildman–Crippen MR) is 122 cm³/mol. The molecule has 0 spiro atoms. The van der Waals surface area contributed by atoms with E-state index in [0.29, 0.717) is 13.1 Å². The lowest BCUT2D eigenvalue weighted by Crippen LogP contribution is -2.61. The Hall–Kier alpha value is -2.76. The SMILES string of the molecule is CC(C)S(=O)(=O)N1CC(N=C(c2ccccc2)c2ccccc2)(c2ccccc2)C1. The third-order valence-electron chi connectivity index (χ3n) is 5.56. The van der Waals surface area contributed by atoms with Crippen LogP contribution in [0.25, 0.3) is 0 Å². The van der Waals surface area contributed by atoms with Gasteiger partial charge < -0.3 is 0 Å². The lowest BCUT2D eigenvalue weighted by atomic mass is 9.84. The molecule has 1 saturated heterocycles. The molecule has 3 aromatic carbocycles. The fraction of sp³-hybridized carbons (Fsp3) is 0.240. The molecule has 0 radical (unpaired) electrons. The van der Waals surface area contributed by atoms with Crippen LogP contribution in [0.15, 0.2) is 96.0 Å². The molecule has 154 valence electrons. The van der Waals surface area contributed by atoms with Gasteiger partial charge in [-0.2, -0.15) is 4.31 Å². The van der Waals surface area contributed by atoms with Gasteiger partial charge in [-0.05, 0) is 19.4 Å². The average Bonchev–Trinajstić information content (AvgIpc) is 2.75. The molecular formula is C25H26N2O2S. The van der Waals surface area contributed by atoms with Gasteiger partial charge in [0, 0.05) is 24.2 Å². The Labute approximate surface area is 179 Å². The maximum atomic E-state index is 12.7. The van der Waals surface area contributed by atoms with Crippen molar-refractivity contribution in [3.05, 3.63) is 108 Å².